The van der Waals surface area contributed by atoms with Gasteiger partial charge in [0.05, 0.1) is 0 Å². The molecule has 3 heteroatoms. The largest absolute Gasteiger partial charge is 0.364 e. The summed E-state index contributed by atoms with van der Waals surface area (Å²) in [5, 5.41) is 7.18. The third-order valence-electron chi connectivity index (χ3n) is 0.516. The number of rotatable bonds is 1. The second kappa shape index (κ2) is 3.87. The molecule has 0 fully saturated rings. The van der Waals surface area contributed by atoms with Gasteiger partial charge in [-0.1, -0.05) is 0 Å². The van der Waals surface area contributed by atoms with E-state index in [-0.39, 0.29) is 0 Å². The average Bonchev–Trinajstić information content (AvgIpc) is 1.68. The van der Waals surface area contributed by atoms with Crippen LogP contribution < -0.4 is 10.6 Å². The van der Waals surface area contributed by atoms with Crippen molar-refractivity contribution >= 4 is 17.3 Å². The first kappa shape index (κ1) is 6.69. The van der Waals surface area contributed by atoms with Crippen LogP contribution in [-0.4, -0.2) is 18.7 Å². The summed E-state index contributed by atoms with van der Waals surface area (Å²) in [5.41, 5.74) is 0. The standard InChI is InChI=1S/C4H9N2S/c1-3-6-4(7)5-2/h3H2,1-2H3,(H,5,7). The Kier molecular flexibility index (Phi) is 3.69. The summed E-state index contributed by atoms with van der Waals surface area (Å²) >= 11 is 4.68. The SMILES string of the molecule is CC[N]C(=S)NC. The van der Waals surface area contributed by atoms with Crippen LogP contribution >= 0.6 is 12.2 Å². The number of nitrogens with one attached hydrogen (secondary N) is 1. The van der Waals surface area contributed by atoms with Gasteiger partial charge in [-0.3, -0.25) is 5.32 Å². The highest BCUT2D eigenvalue weighted by atomic mass is 32.1. The van der Waals surface area contributed by atoms with Crippen LogP contribution in [0.3, 0.4) is 0 Å². The molecule has 0 aliphatic carbocycles. The first-order valence-corrected chi connectivity index (χ1v) is 2.61. The maximum Gasteiger partial charge on any atom is 0.187 e. The summed E-state index contributed by atoms with van der Waals surface area (Å²) in [5.74, 6) is 0. The van der Waals surface area contributed by atoms with E-state index in [9.17, 15) is 0 Å². The Balaban J connectivity index is 3.00. The molecule has 41 valence electrons. The van der Waals surface area contributed by atoms with Gasteiger partial charge in [-0.2, -0.15) is 0 Å². The van der Waals surface area contributed by atoms with Gasteiger partial charge in [0.15, 0.2) is 5.11 Å². The highest BCUT2D eigenvalue weighted by Crippen LogP contribution is 1.62. The summed E-state index contributed by atoms with van der Waals surface area (Å²) < 4.78 is 0. The third kappa shape index (κ3) is 3.52. The zero-order valence-electron chi connectivity index (χ0n) is 4.56. The molecule has 0 bridgehead atoms. The Morgan fingerprint density at radius 2 is 2.43 bits per heavy atom. The van der Waals surface area contributed by atoms with Crippen LogP contribution in [0.4, 0.5) is 0 Å². The van der Waals surface area contributed by atoms with Gasteiger partial charge in [-0.25, -0.2) is 0 Å². The summed E-state index contributed by atoms with van der Waals surface area (Å²) in [6, 6.07) is 0. The Bertz CT molecular complexity index is 62.7. The fourth-order valence-electron chi connectivity index (χ4n) is 0.223. The molecule has 7 heavy (non-hydrogen) atoms. The molecular formula is C4H9N2S. The minimum absolute atomic E-state index is 0.586. The molecule has 0 aromatic rings. The van der Waals surface area contributed by atoms with E-state index in [0.717, 1.165) is 6.54 Å². The van der Waals surface area contributed by atoms with Crippen molar-refractivity contribution in [1.82, 2.24) is 10.6 Å². The lowest BCUT2D eigenvalue weighted by Gasteiger charge is -1.96. The van der Waals surface area contributed by atoms with Gasteiger partial charge in [0.25, 0.3) is 0 Å². The molecule has 0 rings (SSSR count). The van der Waals surface area contributed by atoms with E-state index >= 15 is 0 Å². The van der Waals surface area contributed by atoms with Crippen LogP contribution in [0, 0.1) is 0 Å². The van der Waals surface area contributed by atoms with Crippen molar-refractivity contribution in [3.63, 3.8) is 0 Å². The lowest BCUT2D eigenvalue weighted by molar-refractivity contribution is 0.919. The Hall–Kier alpha value is -0.310. The van der Waals surface area contributed by atoms with E-state index in [1.165, 1.54) is 0 Å². The minimum Gasteiger partial charge on any atom is -0.364 e. The minimum atomic E-state index is 0.586. The Labute approximate surface area is 49.3 Å². The Morgan fingerprint density at radius 3 is 2.57 bits per heavy atom. The van der Waals surface area contributed by atoms with Gasteiger partial charge in [0.2, 0.25) is 0 Å². The third-order valence-corrected chi connectivity index (χ3v) is 0.849. The molecular weight excluding hydrogens is 108 g/mol. The van der Waals surface area contributed by atoms with E-state index in [1.807, 2.05) is 6.92 Å². The first-order chi connectivity index (χ1) is 3.31. The van der Waals surface area contributed by atoms with E-state index in [4.69, 9.17) is 0 Å². The van der Waals surface area contributed by atoms with E-state index < -0.39 is 0 Å². The lowest BCUT2D eigenvalue weighted by Crippen LogP contribution is -2.25. The molecule has 0 heterocycles. The Morgan fingerprint density at radius 1 is 1.86 bits per heavy atom. The predicted octanol–water partition coefficient (Wildman–Crippen LogP) is 0.115. The summed E-state index contributed by atoms with van der Waals surface area (Å²) in [7, 11) is 1.77. The van der Waals surface area contributed by atoms with E-state index in [0.29, 0.717) is 5.11 Å². The number of nitrogens with zero attached hydrogens (tertiary/aromatic N) is 1. The van der Waals surface area contributed by atoms with Crippen molar-refractivity contribution in [3.8, 4) is 0 Å². The molecule has 2 nitrogen and oxygen atoms in total. The van der Waals surface area contributed by atoms with Gasteiger partial charge in [0.1, 0.15) is 0 Å². The normalized spacial score (nSPS) is 7.71. The highest BCUT2D eigenvalue weighted by Gasteiger charge is 1.83. The molecule has 1 radical (unpaired) electrons. The second-order valence-corrected chi connectivity index (χ2v) is 1.42. The van der Waals surface area contributed by atoms with Crippen LogP contribution in [0.25, 0.3) is 0 Å². The molecule has 0 atom stereocenters. The molecule has 0 saturated heterocycles. The maximum absolute atomic E-state index is 4.68. The predicted molar refractivity (Wildman–Crippen MR) is 34.3 cm³/mol. The number of hydrogen-bond donors (Lipinski definition) is 1. The second-order valence-electron chi connectivity index (χ2n) is 1.03. The van der Waals surface area contributed by atoms with Crippen molar-refractivity contribution in [2.75, 3.05) is 13.6 Å². The summed E-state index contributed by atoms with van der Waals surface area (Å²) in [4.78, 5) is 0. The van der Waals surface area contributed by atoms with Crippen LogP contribution in [0.15, 0.2) is 0 Å². The molecule has 0 aromatic carbocycles. The van der Waals surface area contributed by atoms with E-state index in [2.05, 4.69) is 22.9 Å². The fourth-order valence-corrected chi connectivity index (χ4v) is 0.352. The van der Waals surface area contributed by atoms with Gasteiger partial charge < -0.3 is 5.32 Å². The van der Waals surface area contributed by atoms with Crippen molar-refractivity contribution < 1.29 is 0 Å². The maximum atomic E-state index is 4.68. The van der Waals surface area contributed by atoms with Crippen molar-refractivity contribution in [3.05, 3.63) is 0 Å². The molecule has 0 aromatic heterocycles. The topological polar surface area (TPSA) is 26.1 Å². The lowest BCUT2D eigenvalue weighted by atomic mass is 10.7. The summed E-state index contributed by atoms with van der Waals surface area (Å²) in [6.45, 7) is 2.71. The molecule has 1 N–H and O–H groups in total. The van der Waals surface area contributed by atoms with Crippen molar-refractivity contribution in [2.45, 2.75) is 6.92 Å². The van der Waals surface area contributed by atoms with Gasteiger partial charge in [-0.05, 0) is 19.1 Å². The molecule has 0 spiro atoms. The fraction of sp³-hybridized carbons (Fsp3) is 0.750. The van der Waals surface area contributed by atoms with Crippen molar-refractivity contribution in [1.29, 1.82) is 0 Å². The van der Waals surface area contributed by atoms with Crippen LogP contribution in [0.2, 0.25) is 0 Å². The van der Waals surface area contributed by atoms with Crippen LogP contribution in [0.5, 0.6) is 0 Å². The zero-order chi connectivity index (χ0) is 5.70. The smallest absolute Gasteiger partial charge is 0.187 e. The zero-order valence-corrected chi connectivity index (χ0v) is 5.38. The van der Waals surface area contributed by atoms with Crippen molar-refractivity contribution in [2.24, 2.45) is 0 Å². The number of thiocarbonyl (C=S) groups is 1. The molecule has 0 amide bonds. The quantitative estimate of drug-likeness (QED) is 0.493. The first-order valence-electron chi connectivity index (χ1n) is 2.20. The average molecular weight is 117 g/mol. The van der Waals surface area contributed by atoms with Crippen LogP contribution in [-0.2, 0) is 0 Å². The molecule has 0 saturated carbocycles. The van der Waals surface area contributed by atoms with Gasteiger partial charge in [-0.15, -0.1) is 0 Å². The highest BCUT2D eigenvalue weighted by molar-refractivity contribution is 7.80. The van der Waals surface area contributed by atoms with E-state index in [1.54, 1.807) is 7.05 Å². The summed E-state index contributed by atoms with van der Waals surface area (Å²) in [6.07, 6.45) is 0. The van der Waals surface area contributed by atoms with Gasteiger partial charge in [0, 0.05) is 13.6 Å². The molecule has 0 aliphatic rings. The number of hydrogen-bond acceptors (Lipinski definition) is 1. The van der Waals surface area contributed by atoms with Crippen LogP contribution in [0.1, 0.15) is 6.92 Å². The molecule has 0 aliphatic heterocycles. The monoisotopic (exact) mass is 117 g/mol. The molecule has 0 unspecified atom stereocenters. The van der Waals surface area contributed by atoms with Gasteiger partial charge >= 0.3 is 0 Å².